The lowest BCUT2D eigenvalue weighted by atomic mass is 9.95. The fraction of sp³-hybridized carbons (Fsp3) is 0.154. The first-order valence-electron chi connectivity index (χ1n) is 10.2. The summed E-state index contributed by atoms with van der Waals surface area (Å²) < 4.78 is 5.17. The van der Waals surface area contributed by atoms with E-state index < -0.39 is 17.7 Å². The quantitative estimate of drug-likeness (QED) is 0.271. The number of hydrogen-bond acceptors (Lipinski definition) is 4. The molecule has 0 saturated carbocycles. The molecule has 1 saturated heterocycles. The van der Waals surface area contributed by atoms with Crippen molar-refractivity contribution in [1.82, 2.24) is 0 Å². The molecule has 33 heavy (non-hydrogen) atoms. The Kier molecular flexibility index (Phi) is 6.19. The molecule has 168 valence electrons. The van der Waals surface area contributed by atoms with Gasteiger partial charge >= 0.3 is 0 Å². The van der Waals surface area contributed by atoms with Gasteiger partial charge in [0.05, 0.1) is 28.8 Å². The van der Waals surface area contributed by atoms with Crippen LogP contribution >= 0.6 is 23.2 Å². The van der Waals surface area contributed by atoms with E-state index in [1.165, 1.54) is 24.1 Å². The molecule has 0 aromatic heterocycles. The fourth-order valence-corrected chi connectivity index (χ4v) is 4.70. The summed E-state index contributed by atoms with van der Waals surface area (Å²) in [6.45, 7) is 3.79. The Morgan fingerprint density at radius 2 is 1.61 bits per heavy atom. The van der Waals surface area contributed by atoms with E-state index in [0.717, 1.165) is 11.1 Å². The number of Topliss-reactive ketones (excluding diaryl/α,β-unsaturated/α-hetero) is 1. The van der Waals surface area contributed by atoms with Gasteiger partial charge in [0.1, 0.15) is 5.76 Å². The molecule has 0 radical (unpaired) electrons. The molecule has 1 unspecified atom stereocenters. The molecule has 3 aromatic carbocycles. The number of anilines is 1. The molecule has 1 aliphatic heterocycles. The second-order valence-electron chi connectivity index (χ2n) is 7.84. The van der Waals surface area contributed by atoms with E-state index in [4.69, 9.17) is 27.9 Å². The molecule has 0 aliphatic carbocycles. The van der Waals surface area contributed by atoms with Crippen LogP contribution in [0, 0.1) is 13.8 Å². The summed E-state index contributed by atoms with van der Waals surface area (Å²) in [4.78, 5) is 28.0. The number of hydrogen-bond donors (Lipinski definition) is 1. The lowest BCUT2D eigenvalue weighted by molar-refractivity contribution is -0.132. The number of aliphatic hydroxyl groups excluding tert-OH is 1. The van der Waals surface area contributed by atoms with E-state index in [-0.39, 0.29) is 32.7 Å². The largest absolute Gasteiger partial charge is 0.507 e. The number of amides is 1. The lowest BCUT2D eigenvalue weighted by Crippen LogP contribution is -2.30. The van der Waals surface area contributed by atoms with Crippen molar-refractivity contribution in [2.24, 2.45) is 0 Å². The molecule has 1 atom stereocenters. The Morgan fingerprint density at radius 1 is 0.970 bits per heavy atom. The maximum Gasteiger partial charge on any atom is 0.300 e. The first-order valence-corrected chi connectivity index (χ1v) is 11.0. The van der Waals surface area contributed by atoms with Gasteiger partial charge in [0.25, 0.3) is 11.7 Å². The highest BCUT2D eigenvalue weighted by atomic mass is 35.5. The molecule has 1 N–H and O–H groups in total. The van der Waals surface area contributed by atoms with E-state index in [0.29, 0.717) is 11.3 Å². The van der Waals surface area contributed by atoms with Crippen molar-refractivity contribution in [3.63, 3.8) is 0 Å². The van der Waals surface area contributed by atoms with E-state index in [9.17, 15) is 14.7 Å². The smallest absolute Gasteiger partial charge is 0.300 e. The zero-order chi connectivity index (χ0) is 23.9. The van der Waals surface area contributed by atoms with Crippen LogP contribution in [0.3, 0.4) is 0 Å². The van der Waals surface area contributed by atoms with E-state index in [1.807, 2.05) is 62.4 Å². The highest BCUT2D eigenvalue weighted by Crippen LogP contribution is 2.44. The van der Waals surface area contributed by atoms with Gasteiger partial charge in [0, 0.05) is 11.3 Å². The molecule has 1 fully saturated rings. The number of methoxy groups -OCH3 is 1. The van der Waals surface area contributed by atoms with Crippen LogP contribution in [0.4, 0.5) is 5.69 Å². The molecule has 0 bridgehead atoms. The highest BCUT2D eigenvalue weighted by Gasteiger charge is 2.47. The van der Waals surface area contributed by atoms with Gasteiger partial charge in [-0.25, -0.2) is 0 Å². The van der Waals surface area contributed by atoms with Gasteiger partial charge in [-0.15, -0.1) is 0 Å². The van der Waals surface area contributed by atoms with Crippen molar-refractivity contribution in [2.75, 3.05) is 12.0 Å². The molecule has 7 heteroatoms. The third-order valence-corrected chi connectivity index (χ3v) is 6.22. The number of nitrogens with zero attached hydrogens (tertiary/aromatic N) is 1. The molecule has 3 aromatic rings. The molecule has 5 nitrogen and oxygen atoms in total. The zero-order valence-electron chi connectivity index (χ0n) is 18.2. The van der Waals surface area contributed by atoms with Crippen molar-refractivity contribution in [2.45, 2.75) is 19.9 Å². The van der Waals surface area contributed by atoms with Gasteiger partial charge in [-0.05, 0) is 48.7 Å². The summed E-state index contributed by atoms with van der Waals surface area (Å²) >= 11 is 12.5. The van der Waals surface area contributed by atoms with Crippen LogP contribution < -0.4 is 9.64 Å². The predicted octanol–water partition coefficient (Wildman–Crippen LogP) is 6.25. The average molecular weight is 482 g/mol. The van der Waals surface area contributed by atoms with Crippen LogP contribution in [0.2, 0.25) is 10.0 Å². The van der Waals surface area contributed by atoms with Gasteiger partial charge in [0.15, 0.2) is 5.75 Å². The van der Waals surface area contributed by atoms with E-state index >= 15 is 0 Å². The summed E-state index contributed by atoms with van der Waals surface area (Å²) in [6.07, 6.45) is 0. The summed E-state index contributed by atoms with van der Waals surface area (Å²) in [5, 5.41) is 11.6. The van der Waals surface area contributed by atoms with Crippen LogP contribution in [0.1, 0.15) is 28.3 Å². The molecule has 4 rings (SSSR count). The van der Waals surface area contributed by atoms with Gasteiger partial charge in [-0.1, -0.05) is 65.7 Å². The standard InChI is InChI=1S/C26H21Cl2NO4/c1-14-9-10-15(2)20(11-14)29-22(16-7-5-4-6-8-16)21(24(31)26(29)32)23(30)17-12-18(27)25(33-3)19(28)13-17/h4-13,22,30H,1-3H3/b23-21+. The van der Waals surface area contributed by atoms with Crippen LogP contribution in [0.15, 0.2) is 66.2 Å². The Morgan fingerprint density at radius 3 is 2.21 bits per heavy atom. The number of halogens is 2. The molecular weight excluding hydrogens is 461 g/mol. The molecular formula is C26H21Cl2NO4. The summed E-state index contributed by atoms with van der Waals surface area (Å²) in [7, 11) is 1.43. The lowest BCUT2D eigenvalue weighted by Gasteiger charge is -2.27. The van der Waals surface area contributed by atoms with E-state index in [1.54, 1.807) is 0 Å². The van der Waals surface area contributed by atoms with Crippen molar-refractivity contribution < 1.29 is 19.4 Å². The fourth-order valence-electron chi connectivity index (χ4n) is 4.06. The Hall–Kier alpha value is -3.28. The SMILES string of the molecule is COc1c(Cl)cc(/C(O)=C2\C(=O)C(=O)N(c3cc(C)ccc3C)C2c2ccccc2)cc1Cl. The molecule has 0 spiro atoms. The number of aryl methyl sites for hydroxylation is 2. The molecule has 1 aliphatic rings. The third-order valence-electron chi connectivity index (χ3n) is 5.66. The average Bonchev–Trinajstić information content (AvgIpc) is 3.06. The van der Waals surface area contributed by atoms with E-state index in [2.05, 4.69) is 0 Å². The highest BCUT2D eigenvalue weighted by molar-refractivity contribution is 6.52. The first-order chi connectivity index (χ1) is 15.7. The Labute approximate surface area is 201 Å². The summed E-state index contributed by atoms with van der Waals surface area (Å²) in [6, 6.07) is 16.9. The maximum atomic E-state index is 13.3. The minimum Gasteiger partial charge on any atom is -0.507 e. The zero-order valence-corrected chi connectivity index (χ0v) is 19.7. The number of rotatable bonds is 4. The molecule has 1 heterocycles. The van der Waals surface area contributed by atoms with Gasteiger partial charge in [0.2, 0.25) is 0 Å². The topological polar surface area (TPSA) is 66.8 Å². The van der Waals surface area contributed by atoms with Gasteiger partial charge in [-0.2, -0.15) is 0 Å². The number of carbonyl (C=O) groups is 2. The second-order valence-corrected chi connectivity index (χ2v) is 8.66. The van der Waals surface area contributed by atoms with Gasteiger partial charge < -0.3 is 9.84 Å². The van der Waals surface area contributed by atoms with Crippen LogP contribution in [0.25, 0.3) is 5.76 Å². The van der Waals surface area contributed by atoms with Crippen molar-refractivity contribution in [1.29, 1.82) is 0 Å². The number of ketones is 1. The normalized spacial score (nSPS) is 17.5. The third kappa shape index (κ3) is 3.99. The van der Waals surface area contributed by atoms with Crippen molar-refractivity contribution >= 4 is 46.3 Å². The van der Waals surface area contributed by atoms with Crippen molar-refractivity contribution in [3.05, 3.63) is 98.5 Å². The number of carbonyl (C=O) groups excluding carboxylic acids is 2. The number of benzene rings is 3. The van der Waals surface area contributed by atoms with Crippen LogP contribution in [-0.2, 0) is 9.59 Å². The van der Waals surface area contributed by atoms with Crippen LogP contribution in [-0.4, -0.2) is 23.9 Å². The van der Waals surface area contributed by atoms with Gasteiger partial charge in [-0.3, -0.25) is 14.5 Å². The minimum absolute atomic E-state index is 0.0376. The first kappa shape index (κ1) is 22.9. The predicted molar refractivity (Wildman–Crippen MR) is 130 cm³/mol. The minimum atomic E-state index is -0.827. The second kappa shape index (κ2) is 8.93. The monoisotopic (exact) mass is 481 g/mol. The summed E-state index contributed by atoms with van der Waals surface area (Å²) in [5.41, 5.74) is 3.24. The maximum absolute atomic E-state index is 13.3. The number of ether oxygens (including phenoxy) is 1. The number of aliphatic hydroxyl groups is 1. The summed E-state index contributed by atoms with van der Waals surface area (Å²) in [5.74, 6) is -1.61. The van der Waals surface area contributed by atoms with Crippen molar-refractivity contribution in [3.8, 4) is 5.75 Å². The van der Waals surface area contributed by atoms with Crippen LogP contribution in [0.5, 0.6) is 5.75 Å². The Balaban J connectivity index is 1.98. The Bertz CT molecular complexity index is 1280. The molecule has 1 amide bonds.